The Morgan fingerprint density at radius 2 is 1.89 bits per heavy atom. The van der Waals surface area contributed by atoms with Gasteiger partial charge in [-0.3, -0.25) is 0 Å². The number of benzene rings is 2. The quantitative estimate of drug-likeness (QED) is 0.838. The molecule has 19 heavy (non-hydrogen) atoms. The maximum atomic E-state index is 8.92. The molecule has 102 valence electrons. The van der Waals surface area contributed by atoms with E-state index in [0.717, 1.165) is 24.1 Å². The zero-order valence-electron chi connectivity index (χ0n) is 11.5. The van der Waals surface area contributed by atoms with Crippen LogP contribution in [0.5, 0.6) is 5.75 Å². The SMILES string of the molecule is COc1ccc(CNC(C)CCO)c2ccccc12. The first kappa shape index (κ1) is 13.8. The molecule has 2 aromatic rings. The van der Waals surface area contributed by atoms with Crippen LogP contribution in [0.1, 0.15) is 18.9 Å². The van der Waals surface area contributed by atoms with Gasteiger partial charge in [0, 0.05) is 24.6 Å². The highest BCUT2D eigenvalue weighted by molar-refractivity contribution is 5.91. The number of hydrogen-bond donors (Lipinski definition) is 2. The van der Waals surface area contributed by atoms with Gasteiger partial charge < -0.3 is 15.2 Å². The van der Waals surface area contributed by atoms with Gasteiger partial charge in [-0.15, -0.1) is 0 Å². The van der Waals surface area contributed by atoms with Crippen LogP contribution in [0, 0.1) is 0 Å². The molecule has 0 heterocycles. The van der Waals surface area contributed by atoms with Crippen LogP contribution < -0.4 is 10.1 Å². The summed E-state index contributed by atoms with van der Waals surface area (Å²) < 4.78 is 5.39. The van der Waals surface area contributed by atoms with Crippen LogP contribution in [-0.2, 0) is 6.54 Å². The largest absolute Gasteiger partial charge is 0.496 e. The van der Waals surface area contributed by atoms with E-state index in [1.807, 2.05) is 18.2 Å². The first-order valence-electron chi connectivity index (χ1n) is 6.65. The molecule has 1 unspecified atom stereocenters. The second-order valence-corrected chi connectivity index (χ2v) is 4.77. The molecule has 3 nitrogen and oxygen atoms in total. The Kier molecular flexibility index (Phi) is 4.77. The van der Waals surface area contributed by atoms with Crippen molar-refractivity contribution in [2.75, 3.05) is 13.7 Å². The van der Waals surface area contributed by atoms with E-state index in [2.05, 4.69) is 30.4 Å². The number of rotatable bonds is 6. The Bertz CT molecular complexity index is 539. The molecule has 0 saturated carbocycles. The molecular formula is C16H21NO2. The van der Waals surface area contributed by atoms with Gasteiger partial charge in [0.2, 0.25) is 0 Å². The third-order valence-corrected chi connectivity index (χ3v) is 3.40. The Labute approximate surface area is 114 Å². The van der Waals surface area contributed by atoms with Crippen LogP contribution in [0.15, 0.2) is 36.4 Å². The summed E-state index contributed by atoms with van der Waals surface area (Å²) in [5.41, 5.74) is 1.25. The summed E-state index contributed by atoms with van der Waals surface area (Å²) >= 11 is 0. The van der Waals surface area contributed by atoms with Crippen molar-refractivity contribution < 1.29 is 9.84 Å². The molecule has 0 aliphatic rings. The molecule has 2 aromatic carbocycles. The van der Waals surface area contributed by atoms with Gasteiger partial charge in [-0.05, 0) is 30.4 Å². The minimum Gasteiger partial charge on any atom is -0.496 e. The Hall–Kier alpha value is -1.58. The van der Waals surface area contributed by atoms with E-state index in [1.54, 1.807) is 7.11 Å². The topological polar surface area (TPSA) is 41.5 Å². The molecule has 0 aliphatic heterocycles. The minimum absolute atomic E-state index is 0.220. The van der Waals surface area contributed by atoms with Crippen molar-refractivity contribution in [3.05, 3.63) is 42.0 Å². The van der Waals surface area contributed by atoms with Gasteiger partial charge in [0.1, 0.15) is 5.75 Å². The smallest absolute Gasteiger partial charge is 0.126 e. The number of ether oxygens (including phenoxy) is 1. The molecule has 0 radical (unpaired) electrons. The Balaban J connectivity index is 2.24. The Morgan fingerprint density at radius 3 is 2.58 bits per heavy atom. The fraction of sp³-hybridized carbons (Fsp3) is 0.375. The van der Waals surface area contributed by atoms with Crippen molar-refractivity contribution in [1.82, 2.24) is 5.32 Å². The number of nitrogens with one attached hydrogen (secondary N) is 1. The fourth-order valence-corrected chi connectivity index (χ4v) is 2.25. The minimum atomic E-state index is 0.220. The van der Waals surface area contributed by atoms with Gasteiger partial charge in [-0.2, -0.15) is 0 Å². The maximum Gasteiger partial charge on any atom is 0.126 e. The van der Waals surface area contributed by atoms with Gasteiger partial charge >= 0.3 is 0 Å². The number of aliphatic hydroxyl groups excluding tert-OH is 1. The standard InChI is InChI=1S/C16H21NO2/c1-12(9-10-18)17-11-13-7-8-16(19-2)15-6-4-3-5-14(13)15/h3-8,12,17-18H,9-11H2,1-2H3. The van der Waals surface area contributed by atoms with Crippen molar-refractivity contribution in [3.8, 4) is 5.75 Å². The third-order valence-electron chi connectivity index (χ3n) is 3.40. The average Bonchev–Trinajstić information content (AvgIpc) is 2.45. The number of fused-ring (bicyclic) bond motifs is 1. The van der Waals surface area contributed by atoms with E-state index in [0.29, 0.717) is 6.04 Å². The second kappa shape index (κ2) is 6.55. The normalized spacial score (nSPS) is 12.6. The molecule has 0 saturated heterocycles. The molecule has 2 N–H and O–H groups in total. The average molecular weight is 259 g/mol. The van der Waals surface area contributed by atoms with Crippen molar-refractivity contribution in [1.29, 1.82) is 0 Å². The van der Waals surface area contributed by atoms with E-state index in [-0.39, 0.29) is 6.61 Å². The number of aliphatic hydroxyl groups is 1. The lowest BCUT2D eigenvalue weighted by Crippen LogP contribution is -2.26. The molecule has 3 heteroatoms. The van der Waals surface area contributed by atoms with E-state index >= 15 is 0 Å². The van der Waals surface area contributed by atoms with E-state index in [9.17, 15) is 0 Å². The summed E-state index contributed by atoms with van der Waals surface area (Å²) in [5.74, 6) is 0.905. The fourth-order valence-electron chi connectivity index (χ4n) is 2.25. The van der Waals surface area contributed by atoms with Crippen molar-refractivity contribution in [3.63, 3.8) is 0 Å². The molecule has 0 amide bonds. The zero-order valence-corrected chi connectivity index (χ0v) is 11.5. The van der Waals surface area contributed by atoms with Crippen LogP contribution in [0.2, 0.25) is 0 Å². The second-order valence-electron chi connectivity index (χ2n) is 4.77. The summed E-state index contributed by atoms with van der Waals surface area (Å²) in [4.78, 5) is 0. The lowest BCUT2D eigenvalue weighted by Gasteiger charge is -2.15. The maximum absolute atomic E-state index is 8.92. The summed E-state index contributed by atoms with van der Waals surface area (Å²) in [6, 6.07) is 12.7. The van der Waals surface area contributed by atoms with Gasteiger partial charge in [0.05, 0.1) is 7.11 Å². The van der Waals surface area contributed by atoms with Crippen molar-refractivity contribution >= 4 is 10.8 Å². The van der Waals surface area contributed by atoms with Gasteiger partial charge in [0.25, 0.3) is 0 Å². The van der Waals surface area contributed by atoms with Crippen LogP contribution in [-0.4, -0.2) is 24.9 Å². The van der Waals surface area contributed by atoms with Crippen molar-refractivity contribution in [2.45, 2.75) is 25.9 Å². The van der Waals surface area contributed by atoms with Crippen molar-refractivity contribution in [2.24, 2.45) is 0 Å². The molecule has 0 aliphatic carbocycles. The zero-order chi connectivity index (χ0) is 13.7. The molecule has 1 atom stereocenters. The molecule has 2 rings (SSSR count). The van der Waals surface area contributed by atoms with E-state index in [1.165, 1.54) is 10.9 Å². The lowest BCUT2D eigenvalue weighted by atomic mass is 10.0. The summed E-state index contributed by atoms with van der Waals surface area (Å²) in [6.45, 7) is 3.10. The van der Waals surface area contributed by atoms with Gasteiger partial charge in [-0.25, -0.2) is 0 Å². The number of methoxy groups -OCH3 is 1. The predicted octanol–water partition coefficient (Wildman–Crippen LogP) is 2.71. The highest BCUT2D eigenvalue weighted by atomic mass is 16.5. The first-order chi connectivity index (χ1) is 9.26. The van der Waals surface area contributed by atoms with Crippen LogP contribution in [0.4, 0.5) is 0 Å². The van der Waals surface area contributed by atoms with E-state index in [4.69, 9.17) is 9.84 Å². The lowest BCUT2D eigenvalue weighted by molar-refractivity contribution is 0.269. The predicted molar refractivity (Wildman–Crippen MR) is 78.5 cm³/mol. The van der Waals surface area contributed by atoms with E-state index < -0.39 is 0 Å². The highest BCUT2D eigenvalue weighted by Gasteiger charge is 2.07. The molecule has 0 bridgehead atoms. The first-order valence-corrected chi connectivity index (χ1v) is 6.65. The number of hydrogen-bond acceptors (Lipinski definition) is 3. The van der Waals surface area contributed by atoms with Crippen LogP contribution >= 0.6 is 0 Å². The highest BCUT2D eigenvalue weighted by Crippen LogP contribution is 2.28. The molecule has 0 fully saturated rings. The van der Waals surface area contributed by atoms with Crippen LogP contribution in [0.25, 0.3) is 10.8 Å². The monoisotopic (exact) mass is 259 g/mol. The molecule has 0 aromatic heterocycles. The molecular weight excluding hydrogens is 238 g/mol. The Morgan fingerprint density at radius 1 is 1.16 bits per heavy atom. The van der Waals surface area contributed by atoms with Gasteiger partial charge in [0.15, 0.2) is 0 Å². The molecule has 0 spiro atoms. The summed E-state index contributed by atoms with van der Waals surface area (Å²) in [5, 5.41) is 14.7. The van der Waals surface area contributed by atoms with Gasteiger partial charge in [-0.1, -0.05) is 30.3 Å². The summed E-state index contributed by atoms with van der Waals surface area (Å²) in [7, 11) is 1.70. The third kappa shape index (κ3) is 3.25. The summed E-state index contributed by atoms with van der Waals surface area (Å²) in [6.07, 6.45) is 0.772. The van der Waals surface area contributed by atoms with Crippen LogP contribution in [0.3, 0.4) is 0 Å².